The molecule has 152 valence electrons. The molecule has 2 rings (SSSR count). The summed E-state index contributed by atoms with van der Waals surface area (Å²) in [6.07, 6.45) is -3.75. The zero-order chi connectivity index (χ0) is 20.4. The zero-order valence-corrected chi connectivity index (χ0v) is 15.4. The molecule has 0 amide bonds. The van der Waals surface area contributed by atoms with Crippen molar-refractivity contribution in [3.8, 4) is 0 Å². The third-order valence-electron chi connectivity index (χ3n) is 4.22. The Bertz CT molecular complexity index is 737. The molecule has 0 radical (unpaired) electrons. The second-order valence-electron chi connectivity index (χ2n) is 7.15. The summed E-state index contributed by atoms with van der Waals surface area (Å²) in [5.41, 5.74) is 1.49. The summed E-state index contributed by atoms with van der Waals surface area (Å²) in [4.78, 5) is 28.7. The molecule has 1 saturated heterocycles. The summed E-state index contributed by atoms with van der Waals surface area (Å²) >= 11 is 0. The lowest BCUT2D eigenvalue weighted by molar-refractivity contribution is -0.205. The first kappa shape index (κ1) is 21.3. The van der Waals surface area contributed by atoms with Crippen molar-refractivity contribution in [3.05, 3.63) is 22.7 Å². The molecule has 1 fully saturated rings. The van der Waals surface area contributed by atoms with Crippen LogP contribution in [0.5, 0.6) is 0 Å². The van der Waals surface area contributed by atoms with Crippen molar-refractivity contribution < 1.29 is 34.3 Å². The number of nitrogens with zero attached hydrogens (tertiary/aromatic N) is 2. The van der Waals surface area contributed by atoms with Crippen LogP contribution in [0.2, 0.25) is 0 Å². The van der Waals surface area contributed by atoms with Crippen LogP contribution in [0, 0.1) is 5.41 Å². The summed E-state index contributed by atoms with van der Waals surface area (Å²) < 4.78 is 16.5. The smallest absolute Gasteiger partial charge is 0.363 e. The largest absolute Gasteiger partial charge is 0.461 e. The molecular weight excluding hydrogens is 362 g/mol. The standard InChI is InChI=1S/C16H25N3O8/c1-15(2,7-25-3)8-26-13(23)16(12(22)11(21)9(6-20)27-16)19-5-4-10(17)18-14(19)24/h4-5,9,11-12,20-22H,6-8H2,1-3H3,(H2,17,18,24)/t9-,11-,12-,16+/m1/s1. The van der Waals surface area contributed by atoms with E-state index in [1.165, 1.54) is 13.2 Å². The predicted octanol–water partition coefficient (Wildman–Crippen LogP) is -2.19. The van der Waals surface area contributed by atoms with Crippen molar-refractivity contribution in [3.63, 3.8) is 0 Å². The maximum absolute atomic E-state index is 12.9. The van der Waals surface area contributed by atoms with E-state index in [-0.39, 0.29) is 19.0 Å². The Kier molecular flexibility index (Phi) is 6.22. The molecule has 2 heterocycles. The number of aromatic nitrogens is 2. The highest BCUT2D eigenvalue weighted by Gasteiger charge is 2.62. The molecule has 11 nitrogen and oxygen atoms in total. The summed E-state index contributed by atoms with van der Waals surface area (Å²) in [6, 6.07) is 1.22. The molecule has 4 atom stereocenters. The lowest BCUT2D eigenvalue weighted by atomic mass is 9.96. The van der Waals surface area contributed by atoms with Gasteiger partial charge in [-0.1, -0.05) is 13.8 Å². The van der Waals surface area contributed by atoms with Crippen LogP contribution in [-0.2, 0) is 24.7 Å². The molecule has 0 unspecified atom stereocenters. The normalized spacial score (nSPS) is 28.3. The van der Waals surface area contributed by atoms with Crippen LogP contribution in [0.15, 0.2) is 17.1 Å². The Morgan fingerprint density at radius 2 is 2.11 bits per heavy atom. The van der Waals surface area contributed by atoms with E-state index in [0.717, 1.165) is 6.20 Å². The van der Waals surface area contributed by atoms with Gasteiger partial charge in [0.2, 0.25) is 0 Å². The lowest BCUT2D eigenvalue weighted by Gasteiger charge is -2.32. The van der Waals surface area contributed by atoms with E-state index in [9.17, 15) is 24.9 Å². The zero-order valence-electron chi connectivity index (χ0n) is 15.4. The first-order chi connectivity index (χ1) is 12.6. The van der Waals surface area contributed by atoms with E-state index in [0.29, 0.717) is 4.57 Å². The summed E-state index contributed by atoms with van der Waals surface area (Å²) in [5.74, 6) is -1.23. The van der Waals surface area contributed by atoms with E-state index in [1.807, 2.05) is 0 Å². The molecular formula is C16H25N3O8. The Balaban J connectivity index is 2.45. The van der Waals surface area contributed by atoms with Crippen LogP contribution < -0.4 is 11.4 Å². The van der Waals surface area contributed by atoms with Crippen molar-refractivity contribution >= 4 is 11.8 Å². The number of hydrogen-bond acceptors (Lipinski definition) is 10. The molecule has 11 heteroatoms. The summed E-state index contributed by atoms with van der Waals surface area (Å²) in [5, 5.41) is 30.0. The van der Waals surface area contributed by atoms with Gasteiger partial charge >= 0.3 is 11.7 Å². The molecule has 0 aliphatic carbocycles. The number of esters is 1. The van der Waals surface area contributed by atoms with Gasteiger partial charge in [-0.25, -0.2) is 9.59 Å². The number of hydrogen-bond donors (Lipinski definition) is 4. The number of rotatable bonds is 7. The highest BCUT2D eigenvalue weighted by molar-refractivity contribution is 5.79. The fourth-order valence-corrected chi connectivity index (χ4v) is 2.88. The quantitative estimate of drug-likeness (QED) is 0.377. The second kappa shape index (κ2) is 7.90. The fourth-order valence-electron chi connectivity index (χ4n) is 2.88. The van der Waals surface area contributed by atoms with Gasteiger partial charge in [-0.3, -0.25) is 4.57 Å². The molecule has 1 aromatic heterocycles. The molecule has 0 saturated carbocycles. The average Bonchev–Trinajstić information content (AvgIpc) is 2.85. The summed E-state index contributed by atoms with van der Waals surface area (Å²) in [7, 11) is 1.50. The van der Waals surface area contributed by atoms with Gasteiger partial charge in [-0.15, -0.1) is 0 Å². The number of methoxy groups -OCH3 is 1. The fraction of sp³-hybridized carbons (Fsp3) is 0.688. The van der Waals surface area contributed by atoms with Gasteiger partial charge in [0, 0.05) is 18.7 Å². The maximum atomic E-state index is 12.9. The Labute approximate surface area is 155 Å². The van der Waals surface area contributed by atoms with Gasteiger partial charge in [0.25, 0.3) is 5.72 Å². The summed E-state index contributed by atoms with van der Waals surface area (Å²) in [6.45, 7) is 3.03. The number of nitrogen functional groups attached to an aromatic ring is 1. The Morgan fingerprint density at radius 3 is 2.63 bits per heavy atom. The third kappa shape index (κ3) is 3.96. The van der Waals surface area contributed by atoms with E-state index in [2.05, 4.69) is 4.98 Å². The molecule has 1 aliphatic rings. The van der Waals surface area contributed by atoms with Crippen molar-refractivity contribution in [2.24, 2.45) is 5.41 Å². The van der Waals surface area contributed by atoms with E-state index in [1.54, 1.807) is 13.8 Å². The van der Waals surface area contributed by atoms with Crippen LogP contribution in [-0.4, -0.2) is 76.1 Å². The number of carbonyl (C=O) groups excluding carboxylic acids is 1. The number of anilines is 1. The van der Waals surface area contributed by atoms with Crippen molar-refractivity contribution in [1.82, 2.24) is 9.55 Å². The van der Waals surface area contributed by atoms with Gasteiger partial charge in [0.1, 0.15) is 24.1 Å². The molecule has 0 aromatic carbocycles. The Morgan fingerprint density at radius 1 is 1.44 bits per heavy atom. The van der Waals surface area contributed by atoms with Gasteiger partial charge in [0.05, 0.1) is 19.8 Å². The molecule has 0 bridgehead atoms. The van der Waals surface area contributed by atoms with Crippen LogP contribution >= 0.6 is 0 Å². The number of nitrogens with two attached hydrogens (primary N) is 1. The number of ether oxygens (including phenoxy) is 3. The molecule has 1 aliphatic heterocycles. The van der Waals surface area contributed by atoms with Crippen LogP contribution in [0.4, 0.5) is 5.82 Å². The Hall–Kier alpha value is -2.05. The van der Waals surface area contributed by atoms with Crippen molar-refractivity contribution in [2.45, 2.75) is 37.9 Å². The van der Waals surface area contributed by atoms with Crippen molar-refractivity contribution in [1.29, 1.82) is 0 Å². The molecule has 5 N–H and O–H groups in total. The van der Waals surface area contributed by atoms with E-state index < -0.39 is 47.7 Å². The van der Waals surface area contributed by atoms with Crippen LogP contribution in [0.25, 0.3) is 0 Å². The monoisotopic (exact) mass is 387 g/mol. The number of carbonyl (C=O) groups is 1. The second-order valence-corrected chi connectivity index (χ2v) is 7.15. The predicted molar refractivity (Wildman–Crippen MR) is 91.5 cm³/mol. The first-order valence-corrected chi connectivity index (χ1v) is 8.25. The highest BCUT2D eigenvalue weighted by Crippen LogP contribution is 2.36. The van der Waals surface area contributed by atoms with Gasteiger partial charge in [0.15, 0.2) is 0 Å². The topological polar surface area (TPSA) is 166 Å². The maximum Gasteiger partial charge on any atom is 0.363 e. The molecule has 27 heavy (non-hydrogen) atoms. The first-order valence-electron chi connectivity index (χ1n) is 8.25. The van der Waals surface area contributed by atoms with Crippen LogP contribution in [0.1, 0.15) is 13.8 Å². The van der Waals surface area contributed by atoms with Gasteiger partial charge in [-0.2, -0.15) is 4.98 Å². The lowest BCUT2D eigenvalue weighted by Crippen LogP contribution is -2.57. The van der Waals surface area contributed by atoms with Gasteiger partial charge < -0.3 is 35.3 Å². The highest BCUT2D eigenvalue weighted by atomic mass is 16.6. The SMILES string of the molecule is COCC(C)(C)COC(=O)[C@@]1(n2ccc(N)nc2=O)O[C@H](CO)[C@@H](O)[C@H]1O. The van der Waals surface area contributed by atoms with Crippen molar-refractivity contribution in [2.75, 3.05) is 32.7 Å². The minimum absolute atomic E-state index is 0.104. The third-order valence-corrected chi connectivity index (χ3v) is 4.22. The minimum atomic E-state index is -2.42. The molecule has 1 aromatic rings. The van der Waals surface area contributed by atoms with E-state index >= 15 is 0 Å². The van der Waals surface area contributed by atoms with E-state index in [4.69, 9.17) is 19.9 Å². The minimum Gasteiger partial charge on any atom is -0.461 e. The number of aliphatic hydroxyl groups excluding tert-OH is 3. The van der Waals surface area contributed by atoms with Gasteiger partial charge in [-0.05, 0) is 6.07 Å². The average molecular weight is 387 g/mol. The number of aliphatic hydroxyl groups is 3. The molecule has 0 spiro atoms. The van der Waals surface area contributed by atoms with Crippen LogP contribution in [0.3, 0.4) is 0 Å².